The third-order valence-electron chi connectivity index (χ3n) is 11.1. The van der Waals surface area contributed by atoms with Crippen LogP contribution >= 0.6 is 0 Å². The van der Waals surface area contributed by atoms with Crippen molar-refractivity contribution in [3.8, 4) is 0 Å². The molecular weight excluding hydrogens is 352 g/mol. The van der Waals surface area contributed by atoms with Crippen molar-refractivity contribution >= 4 is 0 Å². The largest absolute Gasteiger partial charge is 0.393 e. The molecule has 0 bridgehead atoms. The predicted molar refractivity (Wildman–Crippen MR) is 124 cm³/mol. The Labute approximate surface area is 181 Å². The lowest BCUT2D eigenvalue weighted by atomic mass is 9.43. The zero-order valence-electron chi connectivity index (χ0n) is 20.4. The van der Waals surface area contributed by atoms with Crippen molar-refractivity contribution < 1.29 is 5.11 Å². The summed E-state index contributed by atoms with van der Waals surface area (Å²) in [6, 6.07) is 0. The molecule has 4 unspecified atom stereocenters. The van der Waals surface area contributed by atoms with Crippen molar-refractivity contribution in [3.63, 3.8) is 0 Å². The summed E-state index contributed by atoms with van der Waals surface area (Å²) in [4.78, 5) is 0. The molecule has 0 aromatic heterocycles. The van der Waals surface area contributed by atoms with E-state index in [9.17, 15) is 5.11 Å². The van der Waals surface area contributed by atoms with Crippen molar-refractivity contribution in [2.75, 3.05) is 0 Å². The summed E-state index contributed by atoms with van der Waals surface area (Å²) >= 11 is 0. The molecule has 0 saturated heterocycles. The van der Waals surface area contributed by atoms with E-state index in [0.29, 0.717) is 16.7 Å². The van der Waals surface area contributed by atoms with E-state index < -0.39 is 0 Å². The highest BCUT2D eigenvalue weighted by Gasteiger charge is 2.62. The Morgan fingerprint density at radius 1 is 0.862 bits per heavy atom. The number of hydrogen-bond acceptors (Lipinski definition) is 1. The molecule has 4 aliphatic rings. The molecule has 4 fully saturated rings. The van der Waals surface area contributed by atoms with Gasteiger partial charge >= 0.3 is 0 Å². The maximum absolute atomic E-state index is 11.4. The second-order valence-electron chi connectivity index (χ2n) is 13.2. The Hall–Kier alpha value is -0.0400. The maximum atomic E-state index is 11.4. The Morgan fingerprint density at radius 2 is 1.55 bits per heavy atom. The zero-order valence-corrected chi connectivity index (χ0v) is 20.4. The maximum Gasteiger partial charge on any atom is 0.0577 e. The van der Waals surface area contributed by atoms with Gasteiger partial charge in [-0.25, -0.2) is 0 Å². The van der Waals surface area contributed by atoms with Gasteiger partial charge in [-0.15, -0.1) is 0 Å². The molecule has 0 heterocycles. The molecule has 1 heteroatoms. The van der Waals surface area contributed by atoms with Crippen LogP contribution in [0.15, 0.2) is 0 Å². The van der Waals surface area contributed by atoms with Gasteiger partial charge in [0.1, 0.15) is 0 Å². The van der Waals surface area contributed by atoms with Gasteiger partial charge in [0, 0.05) is 0 Å². The van der Waals surface area contributed by atoms with E-state index in [1.54, 1.807) is 0 Å². The molecule has 29 heavy (non-hydrogen) atoms. The molecule has 0 spiro atoms. The molecular formula is C28H50O. The average Bonchev–Trinajstić information content (AvgIpc) is 3.00. The van der Waals surface area contributed by atoms with Crippen LogP contribution in [0.4, 0.5) is 0 Å². The third-order valence-corrected chi connectivity index (χ3v) is 11.1. The highest BCUT2D eigenvalue weighted by atomic mass is 16.3. The fraction of sp³-hybridized carbons (Fsp3) is 1.00. The van der Waals surface area contributed by atoms with Crippen molar-refractivity contribution in [2.24, 2.45) is 58.2 Å². The van der Waals surface area contributed by atoms with Gasteiger partial charge in [-0.05, 0) is 103 Å². The molecule has 0 radical (unpaired) electrons. The summed E-state index contributed by atoms with van der Waals surface area (Å²) in [5.74, 6) is 6.41. The zero-order chi connectivity index (χ0) is 21.0. The predicted octanol–water partition coefficient (Wildman–Crippen LogP) is 7.71. The lowest BCUT2D eigenvalue weighted by molar-refractivity contribution is -0.168. The van der Waals surface area contributed by atoms with Gasteiger partial charge in [0.25, 0.3) is 0 Å². The van der Waals surface area contributed by atoms with Crippen LogP contribution in [0.1, 0.15) is 112 Å². The average molecular weight is 403 g/mol. The number of fused-ring (bicyclic) bond motifs is 5. The molecule has 0 aliphatic heterocycles. The van der Waals surface area contributed by atoms with Gasteiger partial charge in [-0.2, -0.15) is 0 Å². The quantitative estimate of drug-likeness (QED) is 0.499. The number of hydrogen-bond donors (Lipinski definition) is 1. The van der Waals surface area contributed by atoms with Crippen LogP contribution in [0.25, 0.3) is 0 Å². The SMILES string of the molecule is CC(C)CCCC(C)[C@H]1CCC2C3C(CC[C@@]21C)[C@@]1(C)CC[C@H](C)C[C@@H]1C[C@H]3O. The minimum atomic E-state index is -0.0250. The highest BCUT2D eigenvalue weighted by Crippen LogP contribution is 2.68. The molecule has 10 atom stereocenters. The van der Waals surface area contributed by atoms with Gasteiger partial charge in [-0.1, -0.05) is 67.2 Å². The summed E-state index contributed by atoms with van der Waals surface area (Å²) in [6.45, 7) is 15.0. The molecule has 1 N–H and O–H groups in total. The topological polar surface area (TPSA) is 20.2 Å². The Balaban J connectivity index is 1.50. The van der Waals surface area contributed by atoms with E-state index in [4.69, 9.17) is 0 Å². The molecule has 4 aliphatic carbocycles. The van der Waals surface area contributed by atoms with Crippen molar-refractivity contribution in [1.29, 1.82) is 0 Å². The second-order valence-corrected chi connectivity index (χ2v) is 13.2. The van der Waals surface area contributed by atoms with Crippen LogP contribution in [0.3, 0.4) is 0 Å². The van der Waals surface area contributed by atoms with Crippen molar-refractivity contribution in [2.45, 2.75) is 118 Å². The van der Waals surface area contributed by atoms with Crippen LogP contribution in [-0.2, 0) is 0 Å². The molecule has 4 saturated carbocycles. The summed E-state index contributed by atoms with van der Waals surface area (Å²) < 4.78 is 0. The summed E-state index contributed by atoms with van der Waals surface area (Å²) in [7, 11) is 0. The molecule has 1 nitrogen and oxygen atoms in total. The summed E-state index contributed by atoms with van der Waals surface area (Å²) in [5.41, 5.74) is 1.00. The summed E-state index contributed by atoms with van der Waals surface area (Å²) in [6.07, 6.45) is 15.1. The van der Waals surface area contributed by atoms with Gasteiger partial charge < -0.3 is 5.11 Å². The minimum absolute atomic E-state index is 0.0250. The van der Waals surface area contributed by atoms with Crippen LogP contribution in [-0.4, -0.2) is 11.2 Å². The first-order valence-electron chi connectivity index (χ1n) is 13.3. The fourth-order valence-electron chi connectivity index (χ4n) is 9.46. The van der Waals surface area contributed by atoms with Crippen LogP contribution in [0, 0.1) is 58.2 Å². The molecule has 4 rings (SSSR count). The normalized spacial score (nSPS) is 50.7. The number of rotatable bonds is 5. The second kappa shape index (κ2) is 8.14. The molecule has 0 aromatic carbocycles. The molecule has 0 aromatic rings. The van der Waals surface area contributed by atoms with E-state index in [0.717, 1.165) is 47.8 Å². The first-order valence-corrected chi connectivity index (χ1v) is 13.3. The van der Waals surface area contributed by atoms with Gasteiger partial charge in [0.15, 0.2) is 0 Å². The number of aliphatic hydroxyl groups excluding tert-OH is 1. The Morgan fingerprint density at radius 3 is 2.28 bits per heavy atom. The van der Waals surface area contributed by atoms with Crippen LogP contribution in [0.5, 0.6) is 0 Å². The third kappa shape index (κ3) is 3.74. The van der Waals surface area contributed by atoms with Gasteiger partial charge in [-0.3, -0.25) is 0 Å². The Kier molecular flexibility index (Phi) is 6.22. The molecule has 168 valence electrons. The molecule has 0 amide bonds. The standard InChI is InChI=1S/C28H50O/c1-18(2)8-7-9-20(4)22-10-11-23-26-24(13-15-28(22,23)6)27(5)14-12-19(3)16-21(27)17-25(26)29/h18-26,29H,7-17H2,1-6H3/t19-,20?,21+,22+,23?,24?,25+,26?,27-,28+/m0/s1. The van der Waals surface area contributed by atoms with E-state index in [-0.39, 0.29) is 6.10 Å². The van der Waals surface area contributed by atoms with Crippen molar-refractivity contribution in [3.05, 3.63) is 0 Å². The highest BCUT2D eigenvalue weighted by molar-refractivity contribution is 5.11. The van der Waals surface area contributed by atoms with Crippen LogP contribution < -0.4 is 0 Å². The first kappa shape index (κ1) is 22.2. The van der Waals surface area contributed by atoms with Gasteiger partial charge in [0.2, 0.25) is 0 Å². The van der Waals surface area contributed by atoms with E-state index in [1.807, 2.05) is 0 Å². The minimum Gasteiger partial charge on any atom is -0.393 e. The van der Waals surface area contributed by atoms with E-state index >= 15 is 0 Å². The van der Waals surface area contributed by atoms with Crippen LogP contribution in [0.2, 0.25) is 0 Å². The first-order chi connectivity index (χ1) is 13.7. The lowest BCUT2D eigenvalue weighted by Gasteiger charge is -2.62. The monoisotopic (exact) mass is 402 g/mol. The fourth-order valence-corrected chi connectivity index (χ4v) is 9.46. The van der Waals surface area contributed by atoms with E-state index in [1.165, 1.54) is 64.2 Å². The van der Waals surface area contributed by atoms with E-state index in [2.05, 4.69) is 41.5 Å². The van der Waals surface area contributed by atoms with Crippen molar-refractivity contribution in [1.82, 2.24) is 0 Å². The lowest BCUT2D eigenvalue weighted by Crippen LogP contribution is -2.58. The van der Waals surface area contributed by atoms with Gasteiger partial charge in [0.05, 0.1) is 6.10 Å². The smallest absolute Gasteiger partial charge is 0.0577 e. The summed E-state index contributed by atoms with van der Waals surface area (Å²) in [5, 5.41) is 11.4. The Bertz CT molecular complexity index is 569. The number of aliphatic hydroxyl groups is 1.